The van der Waals surface area contributed by atoms with Crippen LogP contribution in [-0.2, 0) is 20.4 Å². The van der Waals surface area contributed by atoms with Crippen LogP contribution in [0.3, 0.4) is 0 Å². The molecule has 1 saturated heterocycles. The van der Waals surface area contributed by atoms with E-state index in [4.69, 9.17) is 9.47 Å². The Balaban J connectivity index is 1.17. The van der Waals surface area contributed by atoms with Crippen LogP contribution in [0.5, 0.6) is 11.5 Å². The first kappa shape index (κ1) is 31.2. The van der Waals surface area contributed by atoms with Crippen LogP contribution in [0.4, 0.5) is 22.7 Å². The molecule has 5 aromatic rings. The van der Waals surface area contributed by atoms with Gasteiger partial charge in [-0.05, 0) is 99.5 Å². The fraction of sp³-hybridized carbons (Fsp3) is 0.225. The molecule has 0 amide bonds. The second kappa shape index (κ2) is 12.1. The summed E-state index contributed by atoms with van der Waals surface area (Å²) in [4.78, 5) is 16.0. The molecule has 49 heavy (non-hydrogen) atoms. The van der Waals surface area contributed by atoms with E-state index < -0.39 is 21.6 Å². The van der Waals surface area contributed by atoms with Gasteiger partial charge in [-0.2, -0.15) is 4.31 Å². The molecular weight excluding hydrogens is 635 g/mol. The summed E-state index contributed by atoms with van der Waals surface area (Å²) in [6, 6.07) is 34.6. The first-order valence-corrected chi connectivity index (χ1v) is 18.2. The average molecular weight is 672 g/mol. The van der Waals surface area contributed by atoms with Gasteiger partial charge in [0.05, 0.1) is 10.5 Å². The molecule has 0 aromatic heterocycles. The monoisotopic (exact) mass is 671 g/mol. The van der Waals surface area contributed by atoms with Gasteiger partial charge in [0.25, 0.3) is 0 Å². The summed E-state index contributed by atoms with van der Waals surface area (Å²) in [5.74, 6) is 0.810. The molecule has 1 atom stereocenters. The van der Waals surface area contributed by atoms with Gasteiger partial charge in [0.2, 0.25) is 10.0 Å². The molecule has 8 rings (SSSR count). The average Bonchev–Trinajstić information content (AvgIpc) is 3.42. The van der Waals surface area contributed by atoms with Gasteiger partial charge in [0, 0.05) is 65.1 Å². The first-order chi connectivity index (χ1) is 23.8. The summed E-state index contributed by atoms with van der Waals surface area (Å²) in [5, 5.41) is 3.42. The lowest BCUT2D eigenvalue weighted by atomic mass is 9.77. The van der Waals surface area contributed by atoms with E-state index in [1.165, 1.54) is 5.56 Å². The minimum atomic E-state index is -3.53. The van der Waals surface area contributed by atoms with Crippen molar-refractivity contribution in [3.05, 3.63) is 137 Å². The Hall–Kier alpha value is -5.12. The number of benzene rings is 5. The third-order valence-electron chi connectivity index (χ3n) is 9.76. The maximum atomic E-state index is 13.5. The Morgan fingerprint density at radius 2 is 1.47 bits per heavy atom. The van der Waals surface area contributed by atoms with Crippen LogP contribution in [0.1, 0.15) is 58.8 Å². The molecule has 0 bridgehead atoms. The summed E-state index contributed by atoms with van der Waals surface area (Å²) in [7, 11) is -3.53. The second-order valence-electron chi connectivity index (χ2n) is 12.8. The van der Waals surface area contributed by atoms with Crippen molar-refractivity contribution in [3.63, 3.8) is 0 Å². The van der Waals surface area contributed by atoms with Crippen molar-refractivity contribution in [2.75, 3.05) is 29.9 Å². The number of carbonyl (C=O) groups is 1. The zero-order valence-corrected chi connectivity index (χ0v) is 28.3. The summed E-state index contributed by atoms with van der Waals surface area (Å²) in [6.45, 7) is 6.06. The lowest BCUT2D eigenvalue weighted by Crippen LogP contribution is -2.35. The molecule has 1 N–H and O–H groups in total. The molecule has 0 aliphatic carbocycles. The maximum Gasteiger partial charge on any atom is 0.340 e. The number of sulfonamides is 1. The van der Waals surface area contributed by atoms with Crippen molar-refractivity contribution in [1.82, 2.24) is 4.31 Å². The van der Waals surface area contributed by atoms with Gasteiger partial charge >= 0.3 is 5.97 Å². The van der Waals surface area contributed by atoms with Gasteiger partial charge in [-0.25, -0.2) is 13.2 Å². The molecule has 5 aromatic carbocycles. The Morgan fingerprint density at radius 3 is 2.22 bits per heavy atom. The summed E-state index contributed by atoms with van der Waals surface area (Å²) in [6.07, 6.45) is 2.84. The largest absolute Gasteiger partial charge is 0.456 e. The third kappa shape index (κ3) is 5.25. The zero-order chi connectivity index (χ0) is 33.8. The van der Waals surface area contributed by atoms with Crippen molar-refractivity contribution in [2.24, 2.45) is 0 Å². The van der Waals surface area contributed by atoms with Crippen molar-refractivity contribution >= 4 is 38.7 Å². The number of carbonyl (C=O) groups excluding carboxylic acids is 1. The predicted octanol–water partition coefficient (Wildman–Crippen LogP) is 8.64. The van der Waals surface area contributed by atoms with Gasteiger partial charge in [0.1, 0.15) is 11.5 Å². The predicted molar refractivity (Wildman–Crippen MR) is 191 cm³/mol. The fourth-order valence-electron chi connectivity index (χ4n) is 7.28. The fourth-order valence-corrected chi connectivity index (χ4v) is 8.79. The Labute approximate surface area is 287 Å². The highest BCUT2D eigenvalue weighted by Gasteiger charge is 2.53. The molecular formula is C40H37N3O5S. The molecule has 1 spiro atoms. The van der Waals surface area contributed by atoms with Gasteiger partial charge in [-0.3, -0.25) is 0 Å². The van der Waals surface area contributed by atoms with Gasteiger partial charge < -0.3 is 19.7 Å². The molecule has 3 aliphatic heterocycles. The number of hydrogen-bond donors (Lipinski definition) is 1. The quantitative estimate of drug-likeness (QED) is 0.173. The summed E-state index contributed by atoms with van der Waals surface area (Å²) >= 11 is 0. The summed E-state index contributed by atoms with van der Waals surface area (Å²) < 4.78 is 41.0. The summed E-state index contributed by atoms with van der Waals surface area (Å²) in [5.41, 5.74) is 6.20. The highest BCUT2D eigenvalue weighted by atomic mass is 32.2. The molecule has 0 saturated carbocycles. The van der Waals surface area contributed by atoms with E-state index in [9.17, 15) is 13.2 Å². The van der Waals surface area contributed by atoms with Gasteiger partial charge in [-0.1, -0.05) is 42.3 Å². The SMILES string of the molecule is CCN(c1ccc(C)cc1)c1ccc2c(c1)Oc1ccc(Nc3ccc(S(=O)(=O)N4CCCCC4)cc3)cc1C21OC(=O)c2ccccc21. The van der Waals surface area contributed by atoms with Crippen molar-refractivity contribution in [2.45, 2.75) is 43.6 Å². The van der Waals surface area contributed by atoms with Crippen LogP contribution in [0, 0.1) is 6.92 Å². The highest BCUT2D eigenvalue weighted by Crippen LogP contribution is 2.57. The van der Waals surface area contributed by atoms with Crippen molar-refractivity contribution in [3.8, 4) is 11.5 Å². The smallest absolute Gasteiger partial charge is 0.340 e. The maximum absolute atomic E-state index is 13.5. The lowest BCUT2D eigenvalue weighted by molar-refractivity contribution is 0.0224. The van der Waals surface area contributed by atoms with Crippen LogP contribution in [0.15, 0.2) is 114 Å². The standard InChI is InChI=1S/C40H37N3O5S/c1-3-43(30-16-11-27(2)12-17-30)31-18-21-35-38(26-31)47-37-22-15-29(25-36(37)40(35)34-10-6-5-9-33(34)39(44)48-40)41-28-13-19-32(20-14-28)49(45,46)42-23-7-4-8-24-42/h5-6,9-22,25-26,41H,3-4,7-8,23-24H2,1-2H3. The van der Waals surface area contributed by atoms with Gasteiger partial charge in [-0.15, -0.1) is 0 Å². The molecule has 3 heterocycles. The van der Waals surface area contributed by atoms with Crippen LogP contribution in [-0.4, -0.2) is 38.3 Å². The van der Waals surface area contributed by atoms with Gasteiger partial charge in [0.15, 0.2) is 5.60 Å². The molecule has 248 valence electrons. The van der Waals surface area contributed by atoms with E-state index in [1.54, 1.807) is 34.6 Å². The van der Waals surface area contributed by atoms with Crippen molar-refractivity contribution < 1.29 is 22.7 Å². The van der Waals surface area contributed by atoms with Crippen LogP contribution >= 0.6 is 0 Å². The number of piperidine rings is 1. The highest BCUT2D eigenvalue weighted by molar-refractivity contribution is 7.89. The zero-order valence-electron chi connectivity index (χ0n) is 27.5. The first-order valence-electron chi connectivity index (χ1n) is 16.8. The number of esters is 1. The molecule has 3 aliphatic rings. The lowest BCUT2D eigenvalue weighted by Gasteiger charge is -2.37. The number of ether oxygens (including phenoxy) is 2. The van der Waals surface area contributed by atoms with E-state index in [-0.39, 0.29) is 4.90 Å². The van der Waals surface area contributed by atoms with Crippen molar-refractivity contribution in [1.29, 1.82) is 0 Å². The molecule has 8 nitrogen and oxygen atoms in total. The number of fused-ring (bicyclic) bond motifs is 6. The molecule has 1 unspecified atom stereocenters. The minimum Gasteiger partial charge on any atom is -0.456 e. The van der Waals surface area contributed by atoms with E-state index in [2.05, 4.69) is 54.4 Å². The number of anilines is 4. The molecule has 9 heteroatoms. The Morgan fingerprint density at radius 1 is 0.755 bits per heavy atom. The normalized spacial score (nSPS) is 18.2. The van der Waals surface area contributed by atoms with E-state index >= 15 is 0 Å². The van der Waals surface area contributed by atoms with E-state index in [1.807, 2.05) is 48.5 Å². The Kier molecular flexibility index (Phi) is 7.69. The van der Waals surface area contributed by atoms with Crippen LogP contribution in [0.25, 0.3) is 0 Å². The van der Waals surface area contributed by atoms with Crippen LogP contribution < -0.4 is 15.0 Å². The molecule has 1 fully saturated rings. The molecule has 0 radical (unpaired) electrons. The number of aryl methyl sites for hydroxylation is 1. The number of nitrogens with one attached hydrogen (secondary N) is 1. The number of nitrogens with zero attached hydrogens (tertiary/aromatic N) is 2. The van der Waals surface area contributed by atoms with Crippen LogP contribution in [0.2, 0.25) is 0 Å². The third-order valence-corrected chi connectivity index (χ3v) is 11.7. The number of hydrogen-bond acceptors (Lipinski definition) is 7. The van der Waals surface area contributed by atoms with E-state index in [0.717, 1.165) is 59.7 Å². The topological polar surface area (TPSA) is 88.2 Å². The number of rotatable bonds is 7. The Bertz CT molecular complexity index is 2180. The minimum absolute atomic E-state index is 0.284. The second-order valence-corrected chi connectivity index (χ2v) is 14.7. The van der Waals surface area contributed by atoms with E-state index in [0.29, 0.717) is 35.7 Å².